The minimum absolute atomic E-state index is 0.0606. The van der Waals surface area contributed by atoms with E-state index in [2.05, 4.69) is 31.1 Å². The standard InChI is InChI=1S/C13H27N3O/c1-13(2,3)11-6-9-16(10-7-11)8-4-5-12(17)15-14/h11H,4-10,14H2,1-3H3,(H,15,17). The second-order valence-corrected chi connectivity index (χ2v) is 6.15. The molecule has 1 aliphatic rings. The maximum atomic E-state index is 11.0. The lowest BCUT2D eigenvalue weighted by Gasteiger charge is -2.38. The Kier molecular flexibility index (Phi) is 5.40. The fraction of sp³-hybridized carbons (Fsp3) is 0.923. The van der Waals surface area contributed by atoms with Crippen molar-refractivity contribution in [1.82, 2.24) is 10.3 Å². The average molecular weight is 241 g/mol. The number of nitrogens with two attached hydrogens (primary N) is 1. The summed E-state index contributed by atoms with van der Waals surface area (Å²) >= 11 is 0. The maximum absolute atomic E-state index is 11.0. The lowest BCUT2D eigenvalue weighted by atomic mass is 9.75. The number of carbonyl (C=O) groups is 1. The Balaban J connectivity index is 2.17. The first-order valence-electron chi connectivity index (χ1n) is 6.65. The molecule has 0 spiro atoms. The van der Waals surface area contributed by atoms with E-state index in [0.717, 1.165) is 18.9 Å². The Morgan fingerprint density at radius 1 is 1.35 bits per heavy atom. The molecule has 100 valence electrons. The van der Waals surface area contributed by atoms with E-state index in [1.807, 2.05) is 0 Å². The van der Waals surface area contributed by atoms with Crippen LogP contribution in [0.5, 0.6) is 0 Å². The molecule has 1 aliphatic heterocycles. The van der Waals surface area contributed by atoms with E-state index in [0.29, 0.717) is 11.8 Å². The minimum Gasteiger partial charge on any atom is -0.303 e. The molecule has 0 bridgehead atoms. The minimum atomic E-state index is -0.0606. The quantitative estimate of drug-likeness (QED) is 0.446. The molecule has 1 rings (SSSR count). The summed E-state index contributed by atoms with van der Waals surface area (Å²) in [6.07, 6.45) is 4.01. The molecule has 1 amide bonds. The molecular weight excluding hydrogens is 214 g/mol. The van der Waals surface area contributed by atoms with Crippen molar-refractivity contribution >= 4 is 5.91 Å². The summed E-state index contributed by atoms with van der Waals surface area (Å²) in [5.41, 5.74) is 2.61. The van der Waals surface area contributed by atoms with Gasteiger partial charge < -0.3 is 4.90 Å². The van der Waals surface area contributed by atoms with Crippen molar-refractivity contribution in [3.05, 3.63) is 0 Å². The van der Waals surface area contributed by atoms with Crippen LogP contribution in [-0.2, 0) is 4.79 Å². The van der Waals surface area contributed by atoms with Crippen molar-refractivity contribution in [2.24, 2.45) is 17.2 Å². The lowest BCUT2D eigenvalue weighted by molar-refractivity contribution is -0.121. The first kappa shape index (κ1) is 14.5. The first-order valence-corrected chi connectivity index (χ1v) is 6.65. The number of likely N-dealkylation sites (tertiary alicyclic amines) is 1. The van der Waals surface area contributed by atoms with Crippen LogP contribution >= 0.6 is 0 Å². The molecule has 0 radical (unpaired) electrons. The van der Waals surface area contributed by atoms with Crippen LogP contribution in [0.3, 0.4) is 0 Å². The highest BCUT2D eigenvalue weighted by Gasteiger charge is 2.28. The predicted octanol–water partition coefficient (Wildman–Crippen LogP) is 1.51. The van der Waals surface area contributed by atoms with Crippen LogP contribution < -0.4 is 11.3 Å². The summed E-state index contributed by atoms with van der Waals surface area (Å²) in [5, 5.41) is 0. The van der Waals surface area contributed by atoms with Crippen molar-refractivity contribution < 1.29 is 4.79 Å². The van der Waals surface area contributed by atoms with Gasteiger partial charge in [-0.15, -0.1) is 0 Å². The summed E-state index contributed by atoms with van der Waals surface area (Å²) in [7, 11) is 0. The largest absolute Gasteiger partial charge is 0.303 e. The monoisotopic (exact) mass is 241 g/mol. The number of hydrazine groups is 1. The molecule has 0 aromatic rings. The Labute approximate surface area is 105 Å². The average Bonchev–Trinajstić information content (AvgIpc) is 2.28. The van der Waals surface area contributed by atoms with Crippen molar-refractivity contribution in [2.45, 2.75) is 46.5 Å². The number of hydrogen-bond acceptors (Lipinski definition) is 3. The smallest absolute Gasteiger partial charge is 0.233 e. The number of rotatable bonds is 4. The van der Waals surface area contributed by atoms with E-state index >= 15 is 0 Å². The molecule has 3 N–H and O–H groups in total. The van der Waals surface area contributed by atoms with Gasteiger partial charge in [0.25, 0.3) is 0 Å². The van der Waals surface area contributed by atoms with Gasteiger partial charge in [0, 0.05) is 6.42 Å². The van der Waals surface area contributed by atoms with E-state index in [1.165, 1.54) is 25.9 Å². The molecule has 1 heterocycles. The van der Waals surface area contributed by atoms with Gasteiger partial charge in [-0.1, -0.05) is 20.8 Å². The highest BCUT2D eigenvalue weighted by atomic mass is 16.2. The molecule has 4 heteroatoms. The van der Waals surface area contributed by atoms with Crippen LogP contribution in [0.2, 0.25) is 0 Å². The Morgan fingerprint density at radius 2 is 1.94 bits per heavy atom. The normalized spacial score (nSPS) is 19.3. The van der Waals surface area contributed by atoms with Crippen LogP contribution in [0.4, 0.5) is 0 Å². The van der Waals surface area contributed by atoms with E-state index in [-0.39, 0.29) is 5.91 Å². The number of hydrogen-bond donors (Lipinski definition) is 2. The number of nitrogens with zero attached hydrogens (tertiary/aromatic N) is 1. The Morgan fingerprint density at radius 3 is 2.41 bits per heavy atom. The molecule has 1 fully saturated rings. The fourth-order valence-electron chi connectivity index (χ4n) is 2.56. The molecule has 1 saturated heterocycles. The number of nitrogens with one attached hydrogen (secondary N) is 1. The zero-order valence-corrected chi connectivity index (χ0v) is 11.5. The predicted molar refractivity (Wildman–Crippen MR) is 70.2 cm³/mol. The number of piperidine rings is 1. The lowest BCUT2D eigenvalue weighted by Crippen LogP contribution is -2.39. The molecule has 0 atom stereocenters. The van der Waals surface area contributed by atoms with E-state index in [4.69, 9.17) is 5.84 Å². The Bertz CT molecular complexity index is 240. The summed E-state index contributed by atoms with van der Waals surface area (Å²) in [4.78, 5) is 13.4. The summed E-state index contributed by atoms with van der Waals surface area (Å²) in [6.45, 7) is 10.4. The third kappa shape index (κ3) is 5.04. The van der Waals surface area contributed by atoms with Gasteiger partial charge in [-0.25, -0.2) is 5.84 Å². The molecule has 0 aromatic carbocycles. The fourth-order valence-corrected chi connectivity index (χ4v) is 2.56. The molecule has 0 aliphatic carbocycles. The van der Waals surface area contributed by atoms with Gasteiger partial charge in [-0.2, -0.15) is 0 Å². The van der Waals surface area contributed by atoms with E-state index in [1.54, 1.807) is 0 Å². The third-order valence-corrected chi connectivity index (χ3v) is 3.85. The number of amides is 1. The van der Waals surface area contributed by atoms with Crippen molar-refractivity contribution in [2.75, 3.05) is 19.6 Å². The summed E-state index contributed by atoms with van der Waals surface area (Å²) in [6, 6.07) is 0. The van der Waals surface area contributed by atoms with Crippen LogP contribution in [0.15, 0.2) is 0 Å². The van der Waals surface area contributed by atoms with Gasteiger partial charge in [0.05, 0.1) is 0 Å². The Hall–Kier alpha value is -0.610. The van der Waals surface area contributed by atoms with Crippen molar-refractivity contribution in [3.63, 3.8) is 0 Å². The highest BCUT2D eigenvalue weighted by Crippen LogP contribution is 2.34. The van der Waals surface area contributed by atoms with Gasteiger partial charge in [0.2, 0.25) is 5.91 Å². The third-order valence-electron chi connectivity index (χ3n) is 3.85. The number of carbonyl (C=O) groups excluding carboxylic acids is 1. The zero-order valence-electron chi connectivity index (χ0n) is 11.5. The van der Waals surface area contributed by atoms with E-state index < -0.39 is 0 Å². The molecule has 17 heavy (non-hydrogen) atoms. The van der Waals surface area contributed by atoms with Crippen LogP contribution in [0.1, 0.15) is 46.5 Å². The summed E-state index contributed by atoms with van der Waals surface area (Å²) in [5.74, 6) is 5.82. The highest BCUT2D eigenvalue weighted by molar-refractivity contribution is 5.75. The van der Waals surface area contributed by atoms with Crippen LogP contribution in [0, 0.1) is 11.3 Å². The van der Waals surface area contributed by atoms with E-state index in [9.17, 15) is 4.79 Å². The van der Waals surface area contributed by atoms with Crippen LogP contribution in [0.25, 0.3) is 0 Å². The van der Waals surface area contributed by atoms with Crippen molar-refractivity contribution in [1.29, 1.82) is 0 Å². The zero-order chi connectivity index (χ0) is 12.9. The van der Waals surface area contributed by atoms with Crippen molar-refractivity contribution in [3.8, 4) is 0 Å². The van der Waals surface area contributed by atoms with Gasteiger partial charge in [0.1, 0.15) is 0 Å². The van der Waals surface area contributed by atoms with Gasteiger partial charge >= 0.3 is 0 Å². The molecule has 0 saturated carbocycles. The van der Waals surface area contributed by atoms with Crippen LogP contribution in [-0.4, -0.2) is 30.4 Å². The maximum Gasteiger partial charge on any atom is 0.233 e. The SMILES string of the molecule is CC(C)(C)C1CCN(CCCC(=O)NN)CC1. The molecule has 0 aromatic heterocycles. The van der Waals surface area contributed by atoms with Gasteiger partial charge in [-0.3, -0.25) is 10.2 Å². The second-order valence-electron chi connectivity index (χ2n) is 6.15. The molecular formula is C13H27N3O. The first-order chi connectivity index (χ1) is 7.93. The topological polar surface area (TPSA) is 58.4 Å². The molecule has 0 unspecified atom stereocenters. The van der Waals surface area contributed by atoms with Gasteiger partial charge in [-0.05, 0) is 50.2 Å². The second kappa shape index (κ2) is 6.36. The molecule has 4 nitrogen and oxygen atoms in total. The van der Waals surface area contributed by atoms with Gasteiger partial charge in [0.15, 0.2) is 0 Å². The summed E-state index contributed by atoms with van der Waals surface area (Å²) < 4.78 is 0.